The van der Waals surface area contributed by atoms with Gasteiger partial charge in [-0.05, 0) is 25.0 Å². The molecule has 0 atom stereocenters. The van der Waals surface area contributed by atoms with Crippen molar-refractivity contribution in [3.63, 3.8) is 0 Å². The lowest BCUT2D eigenvalue weighted by atomic mass is 9.90. The molecule has 1 saturated carbocycles. The van der Waals surface area contributed by atoms with Crippen LogP contribution in [0, 0.1) is 0 Å². The second-order valence-electron chi connectivity index (χ2n) is 5.77. The first-order valence-electron chi connectivity index (χ1n) is 6.20. The van der Waals surface area contributed by atoms with Crippen molar-refractivity contribution < 1.29 is 4.79 Å². The lowest BCUT2D eigenvalue weighted by molar-refractivity contribution is 0.0951. The fourth-order valence-electron chi connectivity index (χ4n) is 1.62. The minimum Gasteiger partial charge on any atom is -0.349 e. The number of nitrogen functional groups attached to an aromatic ring is 1. The number of pyridine rings is 1. The third kappa shape index (κ3) is 2.98. The van der Waals surface area contributed by atoms with E-state index in [1.54, 1.807) is 6.07 Å². The Hall–Kier alpha value is -1.62. The Balaban J connectivity index is 2.30. The van der Waals surface area contributed by atoms with E-state index in [0.717, 1.165) is 18.5 Å². The predicted molar refractivity (Wildman–Crippen MR) is 71.2 cm³/mol. The first kappa shape index (κ1) is 12.8. The van der Waals surface area contributed by atoms with Crippen molar-refractivity contribution in [3.8, 4) is 0 Å². The van der Waals surface area contributed by atoms with Crippen LogP contribution < -0.4 is 16.6 Å². The van der Waals surface area contributed by atoms with Crippen LogP contribution in [0.5, 0.6) is 0 Å². The van der Waals surface area contributed by atoms with Gasteiger partial charge < -0.3 is 10.7 Å². The number of amides is 1. The lowest BCUT2D eigenvalue weighted by Gasteiger charge is -2.19. The van der Waals surface area contributed by atoms with Crippen molar-refractivity contribution >= 4 is 11.7 Å². The monoisotopic (exact) mass is 248 g/mol. The van der Waals surface area contributed by atoms with Crippen molar-refractivity contribution in [1.82, 2.24) is 10.3 Å². The smallest absolute Gasteiger partial charge is 0.251 e. The average molecular weight is 248 g/mol. The zero-order valence-electron chi connectivity index (χ0n) is 11.1. The Kier molecular flexibility index (Phi) is 3.26. The van der Waals surface area contributed by atoms with Crippen LogP contribution in [0.4, 0.5) is 5.82 Å². The number of aromatic nitrogens is 1. The molecule has 1 aromatic rings. The molecule has 1 amide bonds. The molecule has 0 aromatic carbocycles. The van der Waals surface area contributed by atoms with Gasteiger partial charge in [0.05, 0.1) is 0 Å². The summed E-state index contributed by atoms with van der Waals surface area (Å²) in [7, 11) is 0. The van der Waals surface area contributed by atoms with Crippen LogP contribution >= 0.6 is 0 Å². The van der Waals surface area contributed by atoms with Crippen molar-refractivity contribution in [2.45, 2.75) is 45.1 Å². The minimum atomic E-state index is -0.124. The summed E-state index contributed by atoms with van der Waals surface area (Å²) in [5, 5.41) is 2.96. The fourth-order valence-corrected chi connectivity index (χ4v) is 1.62. The van der Waals surface area contributed by atoms with Crippen LogP contribution in [0.25, 0.3) is 0 Å². The van der Waals surface area contributed by atoms with Crippen molar-refractivity contribution in [3.05, 3.63) is 23.4 Å². The SMILES string of the molecule is CC(C)(C)c1cc(C(=O)NC2CC2)cc(NN)n1. The molecular formula is C13H20N4O. The van der Waals surface area contributed by atoms with Crippen LogP contribution in [0.1, 0.15) is 49.7 Å². The first-order valence-corrected chi connectivity index (χ1v) is 6.20. The highest BCUT2D eigenvalue weighted by Gasteiger charge is 2.25. The predicted octanol–water partition coefficient (Wildman–Crippen LogP) is 1.56. The van der Waals surface area contributed by atoms with Crippen LogP contribution in [0.3, 0.4) is 0 Å². The van der Waals surface area contributed by atoms with Gasteiger partial charge in [0.15, 0.2) is 0 Å². The van der Waals surface area contributed by atoms with E-state index >= 15 is 0 Å². The average Bonchev–Trinajstić information content (AvgIpc) is 3.11. The summed E-state index contributed by atoms with van der Waals surface area (Å²) in [6, 6.07) is 3.85. The summed E-state index contributed by atoms with van der Waals surface area (Å²) in [6.07, 6.45) is 2.15. The maximum absolute atomic E-state index is 12.0. The van der Waals surface area contributed by atoms with Gasteiger partial charge in [0.2, 0.25) is 0 Å². The Morgan fingerprint density at radius 2 is 2.06 bits per heavy atom. The number of hydrogen-bond donors (Lipinski definition) is 3. The summed E-state index contributed by atoms with van der Waals surface area (Å²) in [4.78, 5) is 16.4. The fraction of sp³-hybridized carbons (Fsp3) is 0.538. The number of hydrogen-bond acceptors (Lipinski definition) is 4. The van der Waals surface area contributed by atoms with E-state index < -0.39 is 0 Å². The molecule has 98 valence electrons. The Labute approximate surface area is 107 Å². The maximum Gasteiger partial charge on any atom is 0.251 e. The molecule has 1 aromatic heterocycles. The summed E-state index contributed by atoms with van der Waals surface area (Å²) in [5.41, 5.74) is 3.84. The van der Waals surface area contributed by atoms with Gasteiger partial charge in [0, 0.05) is 22.7 Å². The highest BCUT2D eigenvalue weighted by Crippen LogP contribution is 2.24. The molecule has 2 rings (SSSR count). The topological polar surface area (TPSA) is 80.0 Å². The second kappa shape index (κ2) is 4.57. The largest absolute Gasteiger partial charge is 0.349 e. The molecule has 1 heterocycles. The number of hydrazine groups is 1. The van der Waals surface area contributed by atoms with Gasteiger partial charge in [-0.25, -0.2) is 10.8 Å². The molecular weight excluding hydrogens is 228 g/mol. The van der Waals surface area contributed by atoms with E-state index in [4.69, 9.17) is 5.84 Å². The standard InChI is InChI=1S/C13H20N4O/c1-13(2,3)10-6-8(7-11(16-10)17-14)12(18)15-9-4-5-9/h6-7,9H,4-5,14H2,1-3H3,(H,15,18)(H,16,17). The number of rotatable bonds is 3. The second-order valence-corrected chi connectivity index (χ2v) is 5.77. The van der Waals surface area contributed by atoms with Crippen LogP contribution in [-0.4, -0.2) is 16.9 Å². The van der Waals surface area contributed by atoms with E-state index in [9.17, 15) is 4.79 Å². The Morgan fingerprint density at radius 1 is 1.39 bits per heavy atom. The number of nitrogens with two attached hydrogens (primary N) is 1. The van der Waals surface area contributed by atoms with Gasteiger partial charge >= 0.3 is 0 Å². The van der Waals surface area contributed by atoms with Gasteiger partial charge in [-0.2, -0.15) is 0 Å². The summed E-state index contributed by atoms with van der Waals surface area (Å²) in [6.45, 7) is 6.16. The van der Waals surface area contributed by atoms with E-state index in [0.29, 0.717) is 17.4 Å². The molecule has 1 aliphatic rings. The number of nitrogens with one attached hydrogen (secondary N) is 2. The van der Waals surface area contributed by atoms with E-state index in [2.05, 4.69) is 36.5 Å². The quantitative estimate of drug-likeness (QED) is 0.560. The molecule has 0 bridgehead atoms. The zero-order chi connectivity index (χ0) is 13.3. The zero-order valence-corrected chi connectivity index (χ0v) is 11.1. The van der Waals surface area contributed by atoms with Crippen LogP contribution in [-0.2, 0) is 5.41 Å². The molecule has 1 aliphatic carbocycles. The molecule has 4 N–H and O–H groups in total. The molecule has 18 heavy (non-hydrogen) atoms. The molecule has 0 spiro atoms. The third-order valence-electron chi connectivity index (χ3n) is 2.92. The molecule has 1 fully saturated rings. The molecule has 5 heteroatoms. The number of nitrogens with zero attached hydrogens (tertiary/aromatic N) is 1. The number of carbonyl (C=O) groups excluding carboxylic acids is 1. The Morgan fingerprint density at radius 3 is 2.56 bits per heavy atom. The highest BCUT2D eigenvalue weighted by atomic mass is 16.1. The molecule has 0 unspecified atom stereocenters. The van der Waals surface area contributed by atoms with E-state index in [1.807, 2.05) is 6.07 Å². The van der Waals surface area contributed by atoms with Gasteiger partial charge in [-0.3, -0.25) is 4.79 Å². The molecule has 0 saturated heterocycles. The Bertz CT molecular complexity index is 461. The minimum absolute atomic E-state index is 0.0538. The van der Waals surface area contributed by atoms with Crippen molar-refractivity contribution in [2.24, 2.45) is 5.84 Å². The summed E-state index contributed by atoms with van der Waals surface area (Å²) < 4.78 is 0. The maximum atomic E-state index is 12.0. The third-order valence-corrected chi connectivity index (χ3v) is 2.92. The van der Waals surface area contributed by atoms with Crippen molar-refractivity contribution in [2.75, 3.05) is 5.43 Å². The molecule has 5 nitrogen and oxygen atoms in total. The molecule has 0 aliphatic heterocycles. The van der Waals surface area contributed by atoms with Gasteiger partial charge in [-0.1, -0.05) is 20.8 Å². The van der Waals surface area contributed by atoms with Crippen molar-refractivity contribution in [1.29, 1.82) is 0 Å². The lowest BCUT2D eigenvalue weighted by Crippen LogP contribution is -2.27. The molecule has 0 radical (unpaired) electrons. The van der Waals surface area contributed by atoms with E-state index in [1.165, 1.54) is 0 Å². The number of carbonyl (C=O) groups is 1. The summed E-state index contributed by atoms with van der Waals surface area (Å²) in [5.74, 6) is 5.86. The van der Waals surface area contributed by atoms with Crippen LogP contribution in [0.2, 0.25) is 0 Å². The highest BCUT2D eigenvalue weighted by molar-refractivity contribution is 5.95. The van der Waals surface area contributed by atoms with E-state index in [-0.39, 0.29) is 11.3 Å². The van der Waals surface area contributed by atoms with Crippen LogP contribution in [0.15, 0.2) is 12.1 Å². The van der Waals surface area contributed by atoms with Gasteiger partial charge in [-0.15, -0.1) is 0 Å². The normalized spacial score (nSPS) is 15.3. The summed E-state index contributed by atoms with van der Waals surface area (Å²) >= 11 is 0. The first-order chi connectivity index (χ1) is 8.40. The van der Waals surface area contributed by atoms with Gasteiger partial charge in [0.25, 0.3) is 5.91 Å². The van der Waals surface area contributed by atoms with Gasteiger partial charge in [0.1, 0.15) is 5.82 Å². The number of anilines is 1.